The molecular formula is C15H28ClN3O3. The van der Waals surface area contributed by atoms with Crippen LogP contribution in [-0.2, 0) is 14.3 Å². The van der Waals surface area contributed by atoms with Gasteiger partial charge in [-0.25, -0.2) is 0 Å². The molecule has 128 valence electrons. The van der Waals surface area contributed by atoms with Gasteiger partial charge in [-0.05, 0) is 38.8 Å². The van der Waals surface area contributed by atoms with Gasteiger partial charge < -0.3 is 20.3 Å². The first-order valence-electron chi connectivity index (χ1n) is 7.83. The van der Waals surface area contributed by atoms with Gasteiger partial charge in [-0.1, -0.05) is 0 Å². The van der Waals surface area contributed by atoms with Crippen molar-refractivity contribution in [1.29, 1.82) is 0 Å². The van der Waals surface area contributed by atoms with E-state index in [1.807, 2.05) is 4.90 Å². The van der Waals surface area contributed by atoms with Crippen LogP contribution in [0, 0.1) is 5.41 Å². The number of ether oxygens (including phenoxy) is 1. The second-order valence-corrected chi connectivity index (χ2v) is 6.25. The number of rotatable bonds is 4. The first kappa shape index (κ1) is 19.2. The molecule has 0 aromatic rings. The Kier molecular flexibility index (Phi) is 7.59. The number of hydrogen-bond donors (Lipinski definition) is 2. The van der Waals surface area contributed by atoms with E-state index >= 15 is 0 Å². The van der Waals surface area contributed by atoms with Gasteiger partial charge in [-0.3, -0.25) is 9.59 Å². The lowest BCUT2D eigenvalue weighted by molar-refractivity contribution is -0.149. The van der Waals surface area contributed by atoms with Crippen molar-refractivity contribution >= 4 is 24.2 Å². The summed E-state index contributed by atoms with van der Waals surface area (Å²) in [7, 11) is 1.66. The zero-order valence-corrected chi connectivity index (χ0v) is 14.3. The summed E-state index contributed by atoms with van der Waals surface area (Å²) in [6, 6.07) is 0.0847. The lowest BCUT2D eigenvalue weighted by Crippen LogP contribution is -2.56. The Morgan fingerprint density at radius 2 is 2.05 bits per heavy atom. The molecule has 7 heteroatoms. The number of nitrogens with zero attached hydrogens (tertiary/aromatic N) is 1. The van der Waals surface area contributed by atoms with Crippen LogP contribution in [0.1, 0.15) is 32.6 Å². The Morgan fingerprint density at radius 1 is 1.36 bits per heavy atom. The van der Waals surface area contributed by atoms with Crippen LogP contribution in [0.5, 0.6) is 0 Å². The van der Waals surface area contributed by atoms with Gasteiger partial charge in [0.1, 0.15) is 0 Å². The van der Waals surface area contributed by atoms with Gasteiger partial charge in [0, 0.05) is 33.2 Å². The third-order valence-electron chi connectivity index (χ3n) is 4.55. The van der Waals surface area contributed by atoms with Crippen molar-refractivity contribution in [2.24, 2.45) is 5.41 Å². The summed E-state index contributed by atoms with van der Waals surface area (Å²) in [5.74, 6) is 0.170. The molecule has 6 nitrogen and oxygen atoms in total. The molecule has 0 bridgehead atoms. The minimum atomic E-state index is -0.391. The van der Waals surface area contributed by atoms with Gasteiger partial charge in [-0.2, -0.15) is 0 Å². The van der Waals surface area contributed by atoms with Crippen LogP contribution in [-0.4, -0.2) is 62.7 Å². The van der Waals surface area contributed by atoms with E-state index in [1.54, 1.807) is 7.11 Å². The molecule has 0 saturated carbocycles. The lowest BCUT2D eigenvalue weighted by Gasteiger charge is -2.42. The molecule has 1 atom stereocenters. The molecule has 2 rings (SSSR count). The van der Waals surface area contributed by atoms with Crippen molar-refractivity contribution in [1.82, 2.24) is 15.5 Å². The van der Waals surface area contributed by atoms with Gasteiger partial charge in [0.2, 0.25) is 11.8 Å². The van der Waals surface area contributed by atoms with Crippen LogP contribution in [0.4, 0.5) is 0 Å². The van der Waals surface area contributed by atoms with Crippen LogP contribution in [0.25, 0.3) is 0 Å². The van der Waals surface area contributed by atoms with Crippen molar-refractivity contribution in [2.75, 3.05) is 39.9 Å². The molecule has 0 aliphatic carbocycles. The predicted molar refractivity (Wildman–Crippen MR) is 87.1 cm³/mol. The largest absolute Gasteiger partial charge is 0.384 e. The highest BCUT2D eigenvalue weighted by molar-refractivity contribution is 5.85. The Balaban J connectivity index is 0.00000242. The minimum Gasteiger partial charge on any atom is -0.384 e. The zero-order chi connectivity index (χ0) is 15.3. The summed E-state index contributed by atoms with van der Waals surface area (Å²) in [4.78, 5) is 26.1. The molecule has 2 heterocycles. The Labute approximate surface area is 138 Å². The number of amides is 2. The van der Waals surface area contributed by atoms with E-state index in [4.69, 9.17) is 4.74 Å². The molecule has 1 unspecified atom stereocenters. The van der Waals surface area contributed by atoms with Crippen molar-refractivity contribution in [2.45, 2.75) is 38.6 Å². The number of carbonyl (C=O) groups excluding carboxylic acids is 2. The second kappa shape index (κ2) is 8.70. The molecule has 2 saturated heterocycles. The quantitative estimate of drug-likeness (QED) is 0.788. The Morgan fingerprint density at radius 3 is 2.64 bits per heavy atom. The predicted octanol–water partition coefficient (Wildman–Crippen LogP) is 0.552. The normalized spacial score (nSPS) is 24.3. The van der Waals surface area contributed by atoms with E-state index in [2.05, 4.69) is 10.6 Å². The maximum Gasteiger partial charge on any atom is 0.231 e. The zero-order valence-electron chi connectivity index (χ0n) is 13.5. The first-order chi connectivity index (χ1) is 10.1. The van der Waals surface area contributed by atoms with E-state index in [0.717, 1.165) is 45.3 Å². The highest BCUT2D eigenvalue weighted by Gasteiger charge is 2.43. The van der Waals surface area contributed by atoms with Gasteiger partial charge >= 0.3 is 0 Å². The number of piperidine rings is 2. The highest BCUT2D eigenvalue weighted by atomic mass is 35.5. The van der Waals surface area contributed by atoms with E-state index in [9.17, 15) is 9.59 Å². The minimum absolute atomic E-state index is 0. The number of likely N-dealkylation sites (tertiary alicyclic amines) is 1. The summed E-state index contributed by atoms with van der Waals surface area (Å²) in [6.45, 7) is 5.13. The standard InChI is InChI=1S/C15H27N3O3.ClH/c1-12(19)17-13-4-3-9-18(10-13)14(20)15(11-21-2)5-7-16-8-6-15;/h13,16H,3-11H2,1-2H3,(H,17,19);1H. The first-order valence-corrected chi connectivity index (χ1v) is 7.83. The fourth-order valence-corrected chi connectivity index (χ4v) is 3.50. The summed E-state index contributed by atoms with van der Waals surface area (Å²) < 4.78 is 5.34. The molecule has 2 amide bonds. The van der Waals surface area contributed by atoms with E-state index in [-0.39, 0.29) is 30.3 Å². The van der Waals surface area contributed by atoms with Crippen LogP contribution >= 0.6 is 12.4 Å². The molecule has 0 aromatic heterocycles. The van der Waals surface area contributed by atoms with Crippen LogP contribution < -0.4 is 10.6 Å². The summed E-state index contributed by atoms with van der Waals surface area (Å²) in [5.41, 5.74) is -0.391. The molecule has 0 aromatic carbocycles. The average Bonchev–Trinajstić information content (AvgIpc) is 2.47. The topological polar surface area (TPSA) is 70.7 Å². The van der Waals surface area contributed by atoms with E-state index in [1.165, 1.54) is 6.92 Å². The summed E-state index contributed by atoms with van der Waals surface area (Å²) in [6.07, 6.45) is 3.53. The molecule has 0 radical (unpaired) electrons. The van der Waals surface area contributed by atoms with Crippen molar-refractivity contribution in [3.63, 3.8) is 0 Å². The smallest absolute Gasteiger partial charge is 0.231 e. The Bertz CT molecular complexity index is 381. The highest BCUT2D eigenvalue weighted by Crippen LogP contribution is 2.32. The van der Waals surface area contributed by atoms with Gasteiger partial charge in [0.15, 0.2) is 0 Å². The molecule has 2 aliphatic heterocycles. The fraction of sp³-hybridized carbons (Fsp3) is 0.867. The van der Waals surface area contributed by atoms with Crippen LogP contribution in [0.15, 0.2) is 0 Å². The third kappa shape index (κ3) is 4.57. The molecule has 2 N–H and O–H groups in total. The number of methoxy groups -OCH3 is 1. The number of nitrogens with one attached hydrogen (secondary N) is 2. The molecule has 0 spiro atoms. The van der Waals surface area contributed by atoms with Crippen molar-refractivity contribution < 1.29 is 14.3 Å². The third-order valence-corrected chi connectivity index (χ3v) is 4.55. The summed E-state index contributed by atoms with van der Waals surface area (Å²) in [5, 5.41) is 6.24. The molecule has 2 fully saturated rings. The maximum absolute atomic E-state index is 13.0. The van der Waals surface area contributed by atoms with E-state index < -0.39 is 5.41 Å². The molecule has 2 aliphatic rings. The fourth-order valence-electron chi connectivity index (χ4n) is 3.50. The van der Waals surface area contributed by atoms with Crippen LogP contribution in [0.3, 0.4) is 0 Å². The van der Waals surface area contributed by atoms with Crippen LogP contribution in [0.2, 0.25) is 0 Å². The van der Waals surface area contributed by atoms with Crippen molar-refractivity contribution in [3.8, 4) is 0 Å². The maximum atomic E-state index is 13.0. The molecular weight excluding hydrogens is 306 g/mol. The van der Waals surface area contributed by atoms with Gasteiger partial charge in [0.25, 0.3) is 0 Å². The summed E-state index contributed by atoms with van der Waals surface area (Å²) >= 11 is 0. The lowest BCUT2D eigenvalue weighted by atomic mass is 9.78. The van der Waals surface area contributed by atoms with Crippen molar-refractivity contribution in [3.05, 3.63) is 0 Å². The van der Waals surface area contributed by atoms with Gasteiger partial charge in [-0.15, -0.1) is 12.4 Å². The van der Waals surface area contributed by atoms with E-state index in [0.29, 0.717) is 13.2 Å². The van der Waals surface area contributed by atoms with Gasteiger partial charge in [0.05, 0.1) is 12.0 Å². The average molecular weight is 334 g/mol. The SMILES string of the molecule is COCC1(C(=O)N2CCCC(NC(C)=O)C2)CCNCC1.Cl. The number of carbonyl (C=O) groups is 2. The Hall–Kier alpha value is -0.850. The number of hydrogen-bond acceptors (Lipinski definition) is 4. The number of halogens is 1. The second-order valence-electron chi connectivity index (χ2n) is 6.25. The molecule has 22 heavy (non-hydrogen) atoms. The monoisotopic (exact) mass is 333 g/mol.